The molecule has 2 aliphatic rings. The van der Waals surface area contributed by atoms with Crippen LogP contribution in [0.3, 0.4) is 0 Å². The van der Waals surface area contributed by atoms with E-state index in [0.29, 0.717) is 35.8 Å². The zero-order valence-corrected chi connectivity index (χ0v) is 18.2. The zero-order chi connectivity index (χ0) is 22.7. The van der Waals surface area contributed by atoms with Crippen LogP contribution in [0.5, 0.6) is 11.5 Å². The third kappa shape index (κ3) is 4.21. The normalized spacial score (nSPS) is 22.4. The Morgan fingerprint density at radius 1 is 1.16 bits per heavy atom. The van der Waals surface area contributed by atoms with E-state index in [4.69, 9.17) is 14.2 Å². The highest BCUT2D eigenvalue weighted by atomic mass is 16.5. The Balaban J connectivity index is 1.83. The van der Waals surface area contributed by atoms with Gasteiger partial charge in [-0.25, -0.2) is 0 Å². The van der Waals surface area contributed by atoms with E-state index in [1.807, 2.05) is 25.1 Å². The maximum atomic E-state index is 13.1. The third-order valence-electron chi connectivity index (χ3n) is 5.79. The number of ketones is 1. The van der Waals surface area contributed by atoms with Crippen LogP contribution < -0.4 is 9.47 Å². The van der Waals surface area contributed by atoms with Gasteiger partial charge in [0.15, 0.2) is 0 Å². The number of hydrogen-bond donors (Lipinski definition) is 1. The lowest BCUT2D eigenvalue weighted by Gasteiger charge is -2.27. The molecule has 0 saturated carbocycles. The maximum absolute atomic E-state index is 13.1. The molecule has 0 aromatic heterocycles. The van der Waals surface area contributed by atoms with Crippen molar-refractivity contribution in [3.05, 3.63) is 65.2 Å². The molecule has 32 heavy (non-hydrogen) atoms. The molecular weight excluding hydrogens is 410 g/mol. The summed E-state index contributed by atoms with van der Waals surface area (Å²) in [5.74, 6) is -0.414. The van der Waals surface area contributed by atoms with Crippen LogP contribution in [0.25, 0.3) is 5.76 Å². The molecule has 2 aliphatic heterocycles. The van der Waals surface area contributed by atoms with Crippen molar-refractivity contribution in [1.29, 1.82) is 0 Å². The molecule has 2 fully saturated rings. The molecule has 2 unspecified atom stereocenters. The first-order valence-corrected chi connectivity index (χ1v) is 10.8. The molecule has 7 heteroatoms. The minimum absolute atomic E-state index is 0.0508. The summed E-state index contributed by atoms with van der Waals surface area (Å²) in [4.78, 5) is 27.7. The lowest BCUT2D eigenvalue weighted by Crippen LogP contribution is -2.36. The van der Waals surface area contributed by atoms with Gasteiger partial charge in [0.05, 0.1) is 31.4 Å². The number of rotatable bonds is 7. The molecule has 2 heterocycles. The standard InChI is InChI=1S/C25H27NO6/c1-3-31-19-10-4-7-16(13-19)22-21(23(27)17-8-5-9-18(14-17)30-2)24(28)25(29)26(22)15-20-11-6-12-32-20/h4-5,7-10,13-14,20,22,27H,3,6,11-12,15H2,1-2H3/b23-21-. The van der Waals surface area contributed by atoms with Crippen LogP contribution in [0.4, 0.5) is 0 Å². The molecule has 2 saturated heterocycles. The van der Waals surface area contributed by atoms with E-state index >= 15 is 0 Å². The fourth-order valence-electron chi connectivity index (χ4n) is 4.29. The smallest absolute Gasteiger partial charge is 0.295 e. The summed E-state index contributed by atoms with van der Waals surface area (Å²) in [6, 6.07) is 13.3. The predicted octanol–water partition coefficient (Wildman–Crippen LogP) is 3.69. The average molecular weight is 437 g/mol. The van der Waals surface area contributed by atoms with Crippen molar-refractivity contribution in [1.82, 2.24) is 4.90 Å². The van der Waals surface area contributed by atoms with E-state index in [0.717, 1.165) is 12.8 Å². The van der Waals surface area contributed by atoms with Crippen LogP contribution >= 0.6 is 0 Å². The van der Waals surface area contributed by atoms with Crippen LogP contribution in [0, 0.1) is 0 Å². The lowest BCUT2D eigenvalue weighted by atomic mass is 9.95. The minimum atomic E-state index is -0.745. The molecule has 0 spiro atoms. The second-order valence-corrected chi connectivity index (χ2v) is 7.82. The molecule has 4 rings (SSSR count). The Kier molecular flexibility index (Phi) is 6.46. The molecular formula is C25H27NO6. The fraction of sp³-hybridized carbons (Fsp3) is 0.360. The highest BCUT2D eigenvalue weighted by Crippen LogP contribution is 2.41. The van der Waals surface area contributed by atoms with Crippen LogP contribution in [-0.2, 0) is 14.3 Å². The van der Waals surface area contributed by atoms with E-state index in [1.165, 1.54) is 12.0 Å². The lowest BCUT2D eigenvalue weighted by molar-refractivity contribution is -0.140. The predicted molar refractivity (Wildman–Crippen MR) is 119 cm³/mol. The van der Waals surface area contributed by atoms with Crippen molar-refractivity contribution in [3.63, 3.8) is 0 Å². The highest BCUT2D eigenvalue weighted by Gasteiger charge is 2.47. The Hall–Kier alpha value is -3.32. The number of Topliss-reactive ketones (excluding diaryl/α,β-unsaturated/α-hetero) is 1. The third-order valence-corrected chi connectivity index (χ3v) is 5.79. The summed E-state index contributed by atoms with van der Waals surface area (Å²) in [6.45, 7) is 3.30. The largest absolute Gasteiger partial charge is 0.507 e. The Labute approximate surface area is 187 Å². The van der Waals surface area contributed by atoms with Crippen molar-refractivity contribution in [2.24, 2.45) is 0 Å². The van der Waals surface area contributed by atoms with Crippen molar-refractivity contribution >= 4 is 17.4 Å². The summed E-state index contributed by atoms with van der Waals surface area (Å²) < 4.78 is 16.6. The van der Waals surface area contributed by atoms with Gasteiger partial charge in [0.2, 0.25) is 0 Å². The maximum Gasteiger partial charge on any atom is 0.295 e. The minimum Gasteiger partial charge on any atom is -0.507 e. The molecule has 1 amide bonds. The van der Waals surface area contributed by atoms with Crippen LogP contribution in [0.15, 0.2) is 54.1 Å². The Morgan fingerprint density at radius 2 is 1.94 bits per heavy atom. The molecule has 7 nitrogen and oxygen atoms in total. The van der Waals surface area contributed by atoms with Gasteiger partial charge in [0.25, 0.3) is 11.7 Å². The van der Waals surface area contributed by atoms with Crippen LogP contribution in [-0.4, -0.2) is 54.7 Å². The van der Waals surface area contributed by atoms with Gasteiger partial charge < -0.3 is 24.2 Å². The first kappa shape index (κ1) is 21.9. The van der Waals surface area contributed by atoms with Gasteiger partial charge >= 0.3 is 0 Å². The SMILES string of the molecule is CCOc1cccc(C2/C(=C(/O)c3cccc(OC)c3)C(=O)C(=O)N2CC2CCCO2)c1. The topological polar surface area (TPSA) is 85.3 Å². The number of likely N-dealkylation sites (tertiary alicyclic amines) is 1. The van der Waals surface area contributed by atoms with Gasteiger partial charge in [-0.05, 0) is 49.6 Å². The van der Waals surface area contributed by atoms with Gasteiger partial charge in [0.1, 0.15) is 17.3 Å². The molecule has 168 valence electrons. The van der Waals surface area contributed by atoms with E-state index in [9.17, 15) is 14.7 Å². The average Bonchev–Trinajstić information content (AvgIpc) is 3.41. The molecule has 0 aliphatic carbocycles. The van der Waals surface area contributed by atoms with Crippen LogP contribution in [0.1, 0.15) is 36.9 Å². The number of aliphatic hydroxyl groups is 1. The number of methoxy groups -OCH3 is 1. The van der Waals surface area contributed by atoms with Crippen molar-refractivity contribution in [2.75, 3.05) is 26.9 Å². The van der Waals surface area contributed by atoms with Crippen molar-refractivity contribution in [2.45, 2.75) is 31.9 Å². The van der Waals surface area contributed by atoms with E-state index < -0.39 is 17.7 Å². The molecule has 2 aromatic rings. The van der Waals surface area contributed by atoms with Gasteiger partial charge in [-0.3, -0.25) is 9.59 Å². The molecule has 1 N–H and O–H groups in total. The van der Waals surface area contributed by atoms with Crippen LogP contribution in [0.2, 0.25) is 0 Å². The fourth-order valence-corrected chi connectivity index (χ4v) is 4.29. The molecule has 0 radical (unpaired) electrons. The van der Waals surface area contributed by atoms with E-state index in [2.05, 4.69) is 0 Å². The second-order valence-electron chi connectivity index (χ2n) is 7.82. The van der Waals surface area contributed by atoms with Crippen molar-refractivity contribution < 1.29 is 28.9 Å². The molecule has 2 atom stereocenters. The first-order valence-electron chi connectivity index (χ1n) is 10.8. The summed E-state index contributed by atoms with van der Waals surface area (Å²) in [5, 5.41) is 11.2. The number of aliphatic hydroxyl groups excluding tert-OH is 1. The number of ether oxygens (including phenoxy) is 3. The monoisotopic (exact) mass is 437 g/mol. The first-order chi connectivity index (χ1) is 15.5. The highest BCUT2D eigenvalue weighted by molar-refractivity contribution is 6.46. The van der Waals surface area contributed by atoms with E-state index in [1.54, 1.807) is 30.3 Å². The molecule has 2 aromatic carbocycles. The number of carbonyl (C=O) groups excluding carboxylic acids is 2. The van der Waals surface area contributed by atoms with Gasteiger partial charge in [-0.1, -0.05) is 24.3 Å². The Morgan fingerprint density at radius 3 is 2.66 bits per heavy atom. The Bertz CT molecular complexity index is 1040. The number of nitrogens with zero attached hydrogens (tertiary/aromatic N) is 1. The van der Waals surface area contributed by atoms with Gasteiger partial charge in [-0.2, -0.15) is 0 Å². The van der Waals surface area contributed by atoms with Gasteiger partial charge in [-0.15, -0.1) is 0 Å². The molecule has 0 bridgehead atoms. The summed E-state index contributed by atoms with van der Waals surface area (Å²) in [5.41, 5.74) is 1.15. The second kappa shape index (κ2) is 9.44. The quantitative estimate of drug-likeness (QED) is 0.404. The van der Waals surface area contributed by atoms with Gasteiger partial charge in [0, 0.05) is 18.7 Å². The van der Waals surface area contributed by atoms with Crippen molar-refractivity contribution in [3.8, 4) is 11.5 Å². The summed E-state index contributed by atoms with van der Waals surface area (Å²) in [6.07, 6.45) is 1.61. The number of amides is 1. The van der Waals surface area contributed by atoms with E-state index in [-0.39, 0.29) is 24.0 Å². The zero-order valence-electron chi connectivity index (χ0n) is 18.2. The number of benzene rings is 2. The number of carbonyl (C=O) groups is 2. The number of hydrogen-bond acceptors (Lipinski definition) is 6. The summed E-state index contributed by atoms with van der Waals surface area (Å²) in [7, 11) is 1.53. The summed E-state index contributed by atoms with van der Waals surface area (Å²) >= 11 is 0.